The van der Waals surface area contributed by atoms with Gasteiger partial charge in [0, 0.05) is 23.4 Å². The lowest BCUT2D eigenvalue weighted by molar-refractivity contribution is 0.0975. The van der Waals surface area contributed by atoms with Crippen LogP contribution >= 0.6 is 0 Å². The monoisotopic (exact) mass is 497 g/mol. The summed E-state index contributed by atoms with van der Waals surface area (Å²) in [5, 5.41) is 3.94. The number of rotatable bonds is 8. The molecule has 0 N–H and O–H groups in total. The fourth-order valence-electron chi connectivity index (χ4n) is 3.68. The van der Waals surface area contributed by atoms with Crippen molar-refractivity contribution in [2.24, 2.45) is 0 Å². The Morgan fingerprint density at radius 2 is 1.65 bits per heavy atom. The summed E-state index contributed by atoms with van der Waals surface area (Å²) in [5.74, 6) is 0.266. The van der Waals surface area contributed by atoms with Crippen molar-refractivity contribution in [1.82, 2.24) is 10.1 Å². The largest absolute Gasteiger partial charge is 0.489 e. The molecule has 37 heavy (non-hydrogen) atoms. The summed E-state index contributed by atoms with van der Waals surface area (Å²) in [7, 11) is 0. The van der Waals surface area contributed by atoms with Crippen molar-refractivity contribution in [3.05, 3.63) is 132 Å². The molecule has 0 aliphatic rings. The molecule has 0 saturated carbocycles. The van der Waals surface area contributed by atoms with Gasteiger partial charge in [0.15, 0.2) is 11.5 Å². The average molecular weight is 498 g/mol. The molecule has 8 heteroatoms. The van der Waals surface area contributed by atoms with Gasteiger partial charge in [-0.25, -0.2) is 13.8 Å². The van der Waals surface area contributed by atoms with Gasteiger partial charge in [-0.15, -0.1) is 0 Å². The number of amides is 1. The van der Waals surface area contributed by atoms with E-state index in [0.717, 1.165) is 5.56 Å². The number of aromatic nitrogens is 2. The number of halogens is 2. The maximum atomic E-state index is 13.8. The van der Waals surface area contributed by atoms with Gasteiger partial charge in [-0.2, -0.15) is 0 Å². The predicted octanol–water partition coefficient (Wildman–Crippen LogP) is 6.44. The maximum absolute atomic E-state index is 13.8. The lowest BCUT2D eigenvalue weighted by atomic mass is 10.1. The molecule has 0 bridgehead atoms. The molecular formula is C29H21F2N3O3. The average Bonchev–Trinajstić information content (AvgIpc) is 3.43. The Labute approximate surface area is 211 Å². The van der Waals surface area contributed by atoms with E-state index in [0.29, 0.717) is 28.5 Å². The quantitative estimate of drug-likeness (QED) is 0.247. The second-order valence-electron chi connectivity index (χ2n) is 8.19. The minimum Gasteiger partial charge on any atom is -0.489 e. The minimum absolute atomic E-state index is 0.0924. The molecule has 0 saturated heterocycles. The Hall–Kier alpha value is -4.85. The van der Waals surface area contributed by atoms with Crippen molar-refractivity contribution in [3.63, 3.8) is 0 Å². The van der Waals surface area contributed by atoms with Crippen molar-refractivity contribution < 1.29 is 22.8 Å². The van der Waals surface area contributed by atoms with E-state index in [1.165, 1.54) is 29.2 Å². The first-order valence-corrected chi connectivity index (χ1v) is 11.5. The first kappa shape index (κ1) is 23.9. The molecule has 184 valence electrons. The van der Waals surface area contributed by atoms with Crippen LogP contribution < -0.4 is 9.64 Å². The highest BCUT2D eigenvalue weighted by Gasteiger charge is 2.23. The number of carbonyl (C=O) groups excluding carboxylic acids is 1. The Kier molecular flexibility index (Phi) is 6.98. The van der Waals surface area contributed by atoms with Gasteiger partial charge < -0.3 is 9.26 Å². The number of hydrogen-bond donors (Lipinski definition) is 0. The number of ether oxygens (including phenoxy) is 1. The van der Waals surface area contributed by atoms with E-state index in [-0.39, 0.29) is 30.5 Å². The van der Waals surface area contributed by atoms with Crippen LogP contribution in [0.3, 0.4) is 0 Å². The summed E-state index contributed by atoms with van der Waals surface area (Å²) in [5.41, 5.74) is 1.98. The Morgan fingerprint density at radius 1 is 0.892 bits per heavy atom. The van der Waals surface area contributed by atoms with Gasteiger partial charge in [0.1, 0.15) is 29.8 Å². The van der Waals surface area contributed by atoms with Crippen molar-refractivity contribution in [3.8, 4) is 17.1 Å². The number of nitrogens with zero attached hydrogens (tertiary/aromatic N) is 3. The summed E-state index contributed by atoms with van der Waals surface area (Å²) < 4.78 is 38.2. The molecule has 5 aromatic rings. The van der Waals surface area contributed by atoms with E-state index in [4.69, 9.17) is 9.26 Å². The molecule has 0 spiro atoms. The van der Waals surface area contributed by atoms with E-state index in [9.17, 15) is 13.6 Å². The highest BCUT2D eigenvalue weighted by atomic mass is 19.1. The standard InChI is InChI=1S/C29H21F2N3O3/c30-23-12-10-21(11-13-23)27-17-26(33-37-27)29(35)34(28-7-3-4-16-32-28)18-20-8-14-24(15-9-20)36-19-22-5-1-2-6-25(22)31/h1-17H,18-19H2. The van der Waals surface area contributed by atoms with Gasteiger partial charge in [-0.3, -0.25) is 9.69 Å². The van der Waals surface area contributed by atoms with Crippen LogP contribution in [0.2, 0.25) is 0 Å². The maximum Gasteiger partial charge on any atom is 0.281 e. The molecule has 0 radical (unpaired) electrons. The second-order valence-corrected chi connectivity index (χ2v) is 8.19. The number of carbonyl (C=O) groups is 1. The van der Waals surface area contributed by atoms with E-state index in [1.807, 2.05) is 12.1 Å². The summed E-state index contributed by atoms with van der Waals surface area (Å²) in [6.45, 7) is 0.315. The highest BCUT2D eigenvalue weighted by Crippen LogP contribution is 2.24. The molecule has 0 fully saturated rings. The SMILES string of the molecule is O=C(c1cc(-c2ccc(F)cc2)on1)N(Cc1ccc(OCc2ccccc2F)cc1)c1ccccn1. The van der Waals surface area contributed by atoms with E-state index < -0.39 is 5.91 Å². The van der Waals surface area contributed by atoms with Gasteiger partial charge in [-0.1, -0.05) is 41.6 Å². The molecule has 6 nitrogen and oxygen atoms in total. The third-order valence-corrected chi connectivity index (χ3v) is 5.65. The fourth-order valence-corrected chi connectivity index (χ4v) is 3.68. The van der Waals surface area contributed by atoms with Crippen LogP contribution in [-0.4, -0.2) is 16.0 Å². The van der Waals surface area contributed by atoms with Gasteiger partial charge in [0.25, 0.3) is 5.91 Å². The lowest BCUT2D eigenvalue weighted by Gasteiger charge is -2.21. The van der Waals surface area contributed by atoms with E-state index >= 15 is 0 Å². The van der Waals surface area contributed by atoms with E-state index in [2.05, 4.69) is 10.1 Å². The zero-order valence-electron chi connectivity index (χ0n) is 19.6. The smallest absolute Gasteiger partial charge is 0.281 e. The second kappa shape index (κ2) is 10.8. The summed E-state index contributed by atoms with van der Waals surface area (Å²) >= 11 is 0. The molecule has 0 aliphatic heterocycles. The van der Waals surface area contributed by atoms with Crippen molar-refractivity contribution in [2.45, 2.75) is 13.2 Å². The fraction of sp³-hybridized carbons (Fsp3) is 0.0690. The first-order chi connectivity index (χ1) is 18.1. The minimum atomic E-state index is -0.407. The molecule has 5 rings (SSSR count). The molecule has 1 amide bonds. The first-order valence-electron chi connectivity index (χ1n) is 11.5. The Balaban J connectivity index is 1.33. The van der Waals surface area contributed by atoms with Gasteiger partial charge in [0.05, 0.1) is 6.54 Å². The highest BCUT2D eigenvalue weighted by molar-refractivity contribution is 6.04. The Morgan fingerprint density at radius 3 is 2.38 bits per heavy atom. The number of benzene rings is 3. The van der Waals surface area contributed by atoms with Crippen molar-refractivity contribution >= 4 is 11.7 Å². The molecular weight excluding hydrogens is 476 g/mol. The molecule has 3 aromatic carbocycles. The van der Waals surface area contributed by atoms with Crippen LogP contribution in [0.5, 0.6) is 5.75 Å². The van der Waals surface area contributed by atoms with Gasteiger partial charge in [0.2, 0.25) is 0 Å². The molecule has 0 aliphatic carbocycles. The van der Waals surface area contributed by atoms with Crippen LogP contribution in [-0.2, 0) is 13.2 Å². The lowest BCUT2D eigenvalue weighted by Crippen LogP contribution is -2.31. The molecule has 0 atom stereocenters. The third-order valence-electron chi connectivity index (χ3n) is 5.65. The third kappa shape index (κ3) is 5.70. The van der Waals surface area contributed by atoms with Gasteiger partial charge >= 0.3 is 0 Å². The van der Waals surface area contributed by atoms with Crippen LogP contribution in [0.15, 0.2) is 108 Å². The van der Waals surface area contributed by atoms with Crippen molar-refractivity contribution in [2.75, 3.05) is 4.90 Å². The molecule has 2 aromatic heterocycles. The van der Waals surface area contributed by atoms with Crippen LogP contribution in [0.25, 0.3) is 11.3 Å². The Bertz CT molecular complexity index is 1490. The van der Waals surface area contributed by atoms with Crippen LogP contribution in [0.1, 0.15) is 21.6 Å². The van der Waals surface area contributed by atoms with Crippen molar-refractivity contribution in [1.29, 1.82) is 0 Å². The number of hydrogen-bond acceptors (Lipinski definition) is 5. The molecule has 0 unspecified atom stereocenters. The van der Waals surface area contributed by atoms with Gasteiger partial charge in [-0.05, 0) is 60.2 Å². The molecule has 2 heterocycles. The zero-order chi connectivity index (χ0) is 25.6. The van der Waals surface area contributed by atoms with Crippen LogP contribution in [0, 0.1) is 11.6 Å². The normalized spacial score (nSPS) is 10.8. The summed E-state index contributed by atoms with van der Waals surface area (Å²) in [6, 6.07) is 26.1. The topological polar surface area (TPSA) is 68.5 Å². The summed E-state index contributed by atoms with van der Waals surface area (Å²) in [4.78, 5) is 19.3. The van der Waals surface area contributed by atoms with E-state index in [1.54, 1.807) is 66.9 Å². The number of anilines is 1. The van der Waals surface area contributed by atoms with Crippen LogP contribution in [0.4, 0.5) is 14.6 Å². The zero-order valence-corrected chi connectivity index (χ0v) is 19.6. The summed E-state index contributed by atoms with van der Waals surface area (Å²) in [6.07, 6.45) is 1.60. The predicted molar refractivity (Wildman–Crippen MR) is 134 cm³/mol. The number of pyridine rings is 1.